The van der Waals surface area contributed by atoms with Gasteiger partial charge in [0, 0.05) is 29.1 Å². The maximum Gasteiger partial charge on any atom is 0.195 e. The number of rotatable bonds is 8. The highest BCUT2D eigenvalue weighted by Crippen LogP contribution is 2.36. The summed E-state index contributed by atoms with van der Waals surface area (Å²) in [7, 11) is 0. The van der Waals surface area contributed by atoms with Crippen LogP contribution in [-0.4, -0.2) is 16.1 Å². The van der Waals surface area contributed by atoms with Crippen LogP contribution >= 0.6 is 0 Å². The van der Waals surface area contributed by atoms with Crippen LogP contribution in [0.15, 0.2) is 76.2 Å². The minimum atomic E-state index is -1.23. The Morgan fingerprint density at radius 3 is 2.47 bits per heavy atom. The zero-order valence-electron chi connectivity index (χ0n) is 18.8. The van der Waals surface area contributed by atoms with E-state index in [4.69, 9.17) is 9.62 Å². The van der Waals surface area contributed by atoms with Gasteiger partial charge in [0.2, 0.25) is 0 Å². The Hall–Kier alpha value is -3.57. The normalized spacial score (nSPS) is 13.8. The van der Waals surface area contributed by atoms with Gasteiger partial charge in [0.1, 0.15) is 17.0 Å². The molecule has 176 valence electrons. The van der Waals surface area contributed by atoms with Crippen LogP contribution in [0.4, 0.5) is 17.1 Å². The number of benzene rings is 3. The molecular weight excluding hydrogens is 436 g/mol. The monoisotopic (exact) mass is 462 g/mol. The van der Waals surface area contributed by atoms with Gasteiger partial charge in [0.25, 0.3) is 0 Å². The minimum absolute atomic E-state index is 0.0998. The van der Waals surface area contributed by atoms with Crippen molar-refractivity contribution in [2.75, 3.05) is 5.43 Å². The molecule has 3 aromatic carbocycles. The molecule has 4 aromatic rings. The average molecular weight is 463 g/mol. The Balaban J connectivity index is 1.56. The Labute approximate surface area is 196 Å². The third kappa shape index (κ3) is 5.15. The maximum atomic E-state index is 11.5. The van der Waals surface area contributed by atoms with Crippen molar-refractivity contribution in [2.45, 2.75) is 26.7 Å². The molecule has 0 aliphatic carbocycles. The number of quaternary nitrogens is 2. The summed E-state index contributed by atoms with van der Waals surface area (Å²) in [5, 5.41) is 44.2. The lowest BCUT2D eigenvalue weighted by Gasteiger charge is -2.18. The number of furan rings is 1. The summed E-state index contributed by atoms with van der Waals surface area (Å²) < 4.78 is 6.20. The smallest absolute Gasteiger partial charge is 0.195 e. The molecule has 0 radical (unpaired) electrons. The van der Waals surface area contributed by atoms with E-state index in [-0.39, 0.29) is 17.1 Å². The van der Waals surface area contributed by atoms with E-state index in [1.807, 2.05) is 37.3 Å². The summed E-state index contributed by atoms with van der Waals surface area (Å²) in [5.74, 6) is 0.860. The summed E-state index contributed by atoms with van der Waals surface area (Å²) in [5.41, 5.74) is 7.61. The fourth-order valence-corrected chi connectivity index (χ4v) is 3.82. The van der Waals surface area contributed by atoms with E-state index in [2.05, 4.69) is 35.7 Å². The van der Waals surface area contributed by atoms with Crippen LogP contribution in [0.5, 0.6) is 0 Å². The van der Waals surface area contributed by atoms with Gasteiger partial charge in [0.05, 0.1) is 6.07 Å². The van der Waals surface area contributed by atoms with Gasteiger partial charge in [-0.2, -0.15) is 15.6 Å². The summed E-state index contributed by atoms with van der Waals surface area (Å²) >= 11 is 0. The molecule has 1 heterocycles. The van der Waals surface area contributed by atoms with Gasteiger partial charge >= 0.3 is 0 Å². The van der Waals surface area contributed by atoms with E-state index in [0.717, 1.165) is 45.2 Å². The van der Waals surface area contributed by atoms with Crippen LogP contribution in [0.1, 0.15) is 24.7 Å². The second-order valence-electron chi connectivity index (χ2n) is 8.10. The predicted octanol–water partition coefficient (Wildman–Crippen LogP) is 3.64. The first-order chi connectivity index (χ1) is 16.3. The number of hydrazone groups is 1. The second-order valence-corrected chi connectivity index (χ2v) is 8.10. The number of nitrogens with one attached hydrogen (secondary N) is 3. The molecular formula is C25H26N4O5. The predicted molar refractivity (Wildman–Crippen MR) is 129 cm³/mol. The van der Waals surface area contributed by atoms with Crippen molar-refractivity contribution >= 4 is 33.7 Å². The van der Waals surface area contributed by atoms with Crippen LogP contribution < -0.4 is 15.9 Å². The first-order valence-corrected chi connectivity index (χ1v) is 10.8. The van der Waals surface area contributed by atoms with Gasteiger partial charge < -0.3 is 14.8 Å². The van der Waals surface area contributed by atoms with Crippen LogP contribution in [0.2, 0.25) is 0 Å². The topological polar surface area (TPSA) is 133 Å². The van der Waals surface area contributed by atoms with Crippen molar-refractivity contribution in [2.24, 2.45) is 5.10 Å². The molecule has 2 atom stereocenters. The summed E-state index contributed by atoms with van der Waals surface area (Å²) in [4.78, 5) is 0. The van der Waals surface area contributed by atoms with Crippen LogP contribution in [0.3, 0.4) is 0 Å². The van der Waals surface area contributed by atoms with Crippen molar-refractivity contribution in [1.29, 1.82) is 0 Å². The van der Waals surface area contributed by atoms with E-state index in [1.165, 1.54) is 12.1 Å². The molecule has 0 aliphatic rings. The number of anilines is 1. The summed E-state index contributed by atoms with van der Waals surface area (Å²) in [6, 6.07) is 20.1. The average Bonchev–Trinajstić information content (AvgIpc) is 3.19. The van der Waals surface area contributed by atoms with E-state index in [1.54, 1.807) is 0 Å². The van der Waals surface area contributed by atoms with E-state index < -0.39 is 10.5 Å². The number of nitrogens with zero attached hydrogens (tertiary/aromatic N) is 1. The lowest BCUT2D eigenvalue weighted by atomic mass is 9.99. The number of hydrogen-bond acceptors (Lipinski definition) is 7. The van der Waals surface area contributed by atoms with Gasteiger partial charge in [-0.1, -0.05) is 42.0 Å². The van der Waals surface area contributed by atoms with Gasteiger partial charge in [0.15, 0.2) is 11.4 Å². The SMILES string of the molecule is CC(CCc1oc2ccc(C)cc2c1-c1ccccc1)=NNc1ccc([NH+]([O-])O)cc1[NH+]([O-])O. The van der Waals surface area contributed by atoms with Crippen molar-refractivity contribution in [3.8, 4) is 11.1 Å². The molecule has 5 N–H and O–H groups in total. The molecule has 0 spiro atoms. The van der Waals surface area contributed by atoms with E-state index in [0.29, 0.717) is 12.8 Å². The number of fused-ring (bicyclic) bond motifs is 1. The molecule has 9 heteroatoms. The van der Waals surface area contributed by atoms with Crippen molar-refractivity contribution in [3.63, 3.8) is 0 Å². The summed E-state index contributed by atoms with van der Waals surface area (Å²) in [6.45, 7) is 3.89. The lowest BCUT2D eigenvalue weighted by molar-refractivity contribution is -0.996. The summed E-state index contributed by atoms with van der Waals surface area (Å²) in [6.07, 6.45) is 1.19. The number of aryl methyl sites for hydroxylation is 2. The largest absolute Gasteiger partial charge is 0.595 e. The molecule has 0 fully saturated rings. The quantitative estimate of drug-likeness (QED) is 0.201. The molecule has 2 unspecified atom stereocenters. The van der Waals surface area contributed by atoms with Crippen molar-refractivity contribution in [3.05, 3.63) is 88.5 Å². The highest BCUT2D eigenvalue weighted by Gasteiger charge is 2.17. The Kier molecular flexibility index (Phi) is 7.03. The Morgan fingerprint density at radius 2 is 1.76 bits per heavy atom. The first-order valence-electron chi connectivity index (χ1n) is 10.8. The zero-order chi connectivity index (χ0) is 24.2. The lowest BCUT2D eigenvalue weighted by Crippen LogP contribution is -3.00. The fourth-order valence-electron chi connectivity index (χ4n) is 3.82. The molecule has 0 saturated heterocycles. The maximum absolute atomic E-state index is 11.5. The van der Waals surface area contributed by atoms with Crippen molar-refractivity contribution in [1.82, 2.24) is 0 Å². The highest BCUT2D eigenvalue weighted by atomic mass is 16.8. The van der Waals surface area contributed by atoms with Crippen LogP contribution in [-0.2, 0) is 6.42 Å². The highest BCUT2D eigenvalue weighted by molar-refractivity contribution is 5.96. The van der Waals surface area contributed by atoms with Crippen LogP contribution in [0.25, 0.3) is 22.1 Å². The molecule has 0 aliphatic heterocycles. The molecule has 1 aromatic heterocycles. The first kappa shape index (κ1) is 23.6. The molecule has 34 heavy (non-hydrogen) atoms. The fraction of sp³-hybridized carbons (Fsp3) is 0.160. The molecule has 0 amide bonds. The van der Waals surface area contributed by atoms with E-state index in [9.17, 15) is 15.6 Å². The van der Waals surface area contributed by atoms with Gasteiger partial charge in [-0.3, -0.25) is 5.43 Å². The minimum Gasteiger partial charge on any atom is -0.595 e. The molecule has 0 bridgehead atoms. The third-order valence-electron chi connectivity index (χ3n) is 5.56. The molecule has 4 rings (SSSR count). The van der Waals surface area contributed by atoms with Crippen LogP contribution in [0, 0.1) is 17.3 Å². The Morgan fingerprint density at radius 1 is 1.00 bits per heavy atom. The number of hydrogen-bond donors (Lipinski definition) is 5. The van der Waals surface area contributed by atoms with Gasteiger partial charge in [-0.05, 0) is 44.0 Å². The Bertz CT molecular complexity index is 1320. The van der Waals surface area contributed by atoms with Crippen molar-refractivity contribution < 1.29 is 25.3 Å². The zero-order valence-corrected chi connectivity index (χ0v) is 18.8. The molecule has 0 saturated carbocycles. The standard InChI is InChI=1S/C25H26N4O5/c1-16-8-12-23-20(14-16)25(18-6-4-3-5-7-18)24(34-23)13-9-17(2)26-27-21-11-10-19(28(30)31)15-22(21)29(32)33/h3-8,10-12,14-15,27-30,32H,9,13H2,1-2H3. The second kappa shape index (κ2) is 10.1. The van der Waals surface area contributed by atoms with Gasteiger partial charge in [-0.25, -0.2) is 10.4 Å². The third-order valence-corrected chi connectivity index (χ3v) is 5.56. The molecule has 9 nitrogen and oxygen atoms in total. The van der Waals surface area contributed by atoms with Gasteiger partial charge in [-0.15, -0.1) is 0 Å². The van der Waals surface area contributed by atoms with E-state index >= 15 is 0 Å².